The summed E-state index contributed by atoms with van der Waals surface area (Å²) in [6.07, 6.45) is -3.16. The largest absolute Gasteiger partial charge is 0.463 e. The van der Waals surface area contributed by atoms with E-state index in [1.807, 2.05) is 0 Å². The van der Waals surface area contributed by atoms with Gasteiger partial charge in [0.1, 0.15) is 31.5 Å². The molecule has 1 fully saturated rings. The van der Waals surface area contributed by atoms with E-state index in [0.717, 1.165) is 20.8 Å². The maximum absolute atomic E-state index is 12.0. The van der Waals surface area contributed by atoms with E-state index < -0.39 is 79.4 Å². The quantitative estimate of drug-likeness (QED) is 0.206. The highest BCUT2D eigenvalue weighted by atomic mass is 16.7. The van der Waals surface area contributed by atoms with Crippen LogP contribution in [0.3, 0.4) is 0 Å². The molecule has 0 bridgehead atoms. The Kier molecular flexibility index (Phi) is 11.9. The predicted octanol–water partition coefficient (Wildman–Crippen LogP) is 0.918. The van der Waals surface area contributed by atoms with Crippen LogP contribution in [-0.2, 0) is 61.9 Å². The second-order valence-electron chi connectivity index (χ2n) is 8.59. The zero-order chi connectivity index (χ0) is 28.4. The first-order valence-corrected chi connectivity index (χ1v) is 11.9. The van der Waals surface area contributed by atoms with Gasteiger partial charge < -0.3 is 37.9 Å². The normalized spacial score (nSPS) is 30.4. The Bertz CT molecular complexity index is 913. The van der Waals surface area contributed by atoms with Crippen LogP contribution in [0.15, 0.2) is 24.8 Å². The van der Waals surface area contributed by atoms with Gasteiger partial charge in [-0.15, -0.1) is 6.58 Å². The van der Waals surface area contributed by atoms with Crippen LogP contribution >= 0.6 is 0 Å². The van der Waals surface area contributed by atoms with Gasteiger partial charge in [0.25, 0.3) is 0 Å². The van der Waals surface area contributed by atoms with Crippen LogP contribution < -0.4 is 0 Å². The van der Waals surface area contributed by atoms with E-state index in [9.17, 15) is 24.0 Å². The number of hydrogen-bond donors (Lipinski definition) is 0. The zero-order valence-electron chi connectivity index (χ0n) is 22.0. The maximum Gasteiger partial charge on any atom is 0.303 e. The molecule has 0 radical (unpaired) electrons. The average Bonchev–Trinajstić information content (AvgIpc) is 2.80. The molecule has 0 amide bonds. The number of ether oxygens (including phenoxy) is 8. The molecule has 0 N–H and O–H groups in total. The van der Waals surface area contributed by atoms with Crippen molar-refractivity contribution in [1.82, 2.24) is 0 Å². The molecule has 2 aliphatic heterocycles. The van der Waals surface area contributed by atoms with E-state index >= 15 is 0 Å². The third-order valence-electron chi connectivity index (χ3n) is 5.32. The number of carbonyl (C=O) groups is 5. The fraction of sp³-hybridized carbons (Fsp3) is 0.640. The molecule has 2 aliphatic rings. The summed E-state index contributed by atoms with van der Waals surface area (Å²) in [6.45, 7) is 8.92. The Balaban J connectivity index is 2.44. The van der Waals surface area contributed by atoms with Gasteiger partial charge in [0.05, 0.1) is 6.10 Å². The summed E-state index contributed by atoms with van der Waals surface area (Å²) < 4.78 is 44.4. The lowest BCUT2D eigenvalue weighted by atomic mass is 9.97. The van der Waals surface area contributed by atoms with Crippen molar-refractivity contribution in [2.75, 3.05) is 13.2 Å². The molecule has 13 nitrogen and oxygen atoms in total. The van der Waals surface area contributed by atoms with Gasteiger partial charge in [0.15, 0.2) is 24.6 Å². The summed E-state index contributed by atoms with van der Waals surface area (Å²) >= 11 is 0. The second-order valence-corrected chi connectivity index (χ2v) is 8.59. The van der Waals surface area contributed by atoms with Crippen LogP contribution in [0.25, 0.3) is 0 Å². The third kappa shape index (κ3) is 9.54. The monoisotopic (exact) mass is 542 g/mol. The van der Waals surface area contributed by atoms with Crippen molar-refractivity contribution in [2.24, 2.45) is 0 Å². The van der Waals surface area contributed by atoms with Crippen LogP contribution in [-0.4, -0.2) is 92.1 Å². The van der Waals surface area contributed by atoms with Gasteiger partial charge in [-0.25, -0.2) is 0 Å². The summed E-state index contributed by atoms with van der Waals surface area (Å²) in [4.78, 5) is 58.8. The topological polar surface area (TPSA) is 159 Å². The van der Waals surface area contributed by atoms with Crippen LogP contribution in [0.4, 0.5) is 0 Å². The number of hydrogen-bond acceptors (Lipinski definition) is 13. The summed E-state index contributed by atoms with van der Waals surface area (Å²) in [5.41, 5.74) is 0. The summed E-state index contributed by atoms with van der Waals surface area (Å²) in [5.74, 6) is -3.45. The molecule has 2 heterocycles. The smallest absolute Gasteiger partial charge is 0.303 e. The summed E-state index contributed by atoms with van der Waals surface area (Å²) in [7, 11) is 0. The van der Waals surface area contributed by atoms with Crippen LogP contribution in [0.1, 0.15) is 41.0 Å². The number of esters is 5. The molecule has 13 heteroatoms. The minimum Gasteiger partial charge on any atom is -0.463 e. The molecule has 38 heavy (non-hydrogen) atoms. The van der Waals surface area contributed by atoms with E-state index in [-0.39, 0.29) is 12.7 Å². The standard InChI is InChI=1S/C25H34O13/c1-7-8-18-9-10-19(20(36-18)11-31-13(2)26)37-25-24(35-17(6)30)23(34-16(5)29)22(33-15(4)28)21(38-25)12-32-14(3)27/h7,9-10,18-25H,1,8,11-12H2,2-6H3/t18-,19+,20-,21-,22+,23+,24-,25-/m1/s1. The first kappa shape index (κ1) is 30.9. The van der Waals surface area contributed by atoms with Crippen molar-refractivity contribution < 1.29 is 61.9 Å². The molecular weight excluding hydrogens is 508 g/mol. The van der Waals surface area contributed by atoms with Crippen molar-refractivity contribution in [2.45, 2.75) is 90.1 Å². The van der Waals surface area contributed by atoms with E-state index in [1.165, 1.54) is 13.8 Å². The zero-order valence-corrected chi connectivity index (χ0v) is 22.0. The van der Waals surface area contributed by atoms with Gasteiger partial charge in [-0.3, -0.25) is 24.0 Å². The highest BCUT2D eigenvalue weighted by molar-refractivity contribution is 5.68. The van der Waals surface area contributed by atoms with Gasteiger partial charge in [0, 0.05) is 34.6 Å². The lowest BCUT2D eigenvalue weighted by Crippen LogP contribution is -2.63. The van der Waals surface area contributed by atoms with Crippen molar-refractivity contribution >= 4 is 29.8 Å². The van der Waals surface area contributed by atoms with Gasteiger partial charge in [-0.2, -0.15) is 0 Å². The van der Waals surface area contributed by atoms with Crippen LogP contribution in [0.2, 0.25) is 0 Å². The van der Waals surface area contributed by atoms with Gasteiger partial charge >= 0.3 is 29.8 Å². The van der Waals surface area contributed by atoms with E-state index in [2.05, 4.69) is 6.58 Å². The van der Waals surface area contributed by atoms with Crippen LogP contribution in [0.5, 0.6) is 0 Å². The fourth-order valence-corrected chi connectivity index (χ4v) is 3.92. The maximum atomic E-state index is 12.0. The third-order valence-corrected chi connectivity index (χ3v) is 5.32. The molecule has 1 saturated heterocycles. The van der Waals surface area contributed by atoms with Crippen LogP contribution in [0, 0.1) is 0 Å². The molecule has 0 spiro atoms. The molecule has 0 aromatic carbocycles. The van der Waals surface area contributed by atoms with Crippen molar-refractivity contribution in [3.8, 4) is 0 Å². The molecule has 0 aromatic heterocycles. The first-order valence-electron chi connectivity index (χ1n) is 11.9. The molecule has 212 valence electrons. The Morgan fingerprint density at radius 3 is 1.76 bits per heavy atom. The van der Waals surface area contributed by atoms with E-state index in [4.69, 9.17) is 37.9 Å². The highest BCUT2D eigenvalue weighted by Crippen LogP contribution is 2.32. The second kappa shape index (κ2) is 14.6. The van der Waals surface area contributed by atoms with E-state index in [0.29, 0.717) is 6.42 Å². The Labute approximate surface area is 220 Å². The molecule has 0 aliphatic carbocycles. The lowest BCUT2D eigenvalue weighted by molar-refractivity contribution is -0.320. The molecule has 8 atom stereocenters. The average molecular weight is 543 g/mol. The molecule has 2 rings (SSSR count). The Morgan fingerprint density at radius 2 is 1.24 bits per heavy atom. The molecule has 0 aromatic rings. The Morgan fingerprint density at radius 1 is 0.711 bits per heavy atom. The number of carbonyl (C=O) groups excluding carboxylic acids is 5. The summed E-state index contributed by atoms with van der Waals surface area (Å²) in [5, 5.41) is 0. The highest BCUT2D eigenvalue weighted by Gasteiger charge is 2.53. The van der Waals surface area contributed by atoms with Gasteiger partial charge in [0.2, 0.25) is 0 Å². The van der Waals surface area contributed by atoms with Gasteiger partial charge in [-0.05, 0) is 6.42 Å². The Hall–Kier alpha value is -3.29. The fourth-order valence-electron chi connectivity index (χ4n) is 3.92. The predicted molar refractivity (Wildman–Crippen MR) is 126 cm³/mol. The van der Waals surface area contributed by atoms with Crippen molar-refractivity contribution in [1.29, 1.82) is 0 Å². The van der Waals surface area contributed by atoms with E-state index in [1.54, 1.807) is 18.2 Å². The number of rotatable bonds is 11. The lowest BCUT2D eigenvalue weighted by Gasteiger charge is -2.45. The molecule has 0 saturated carbocycles. The van der Waals surface area contributed by atoms with Crippen molar-refractivity contribution in [3.05, 3.63) is 24.8 Å². The van der Waals surface area contributed by atoms with Crippen molar-refractivity contribution in [3.63, 3.8) is 0 Å². The van der Waals surface area contributed by atoms with Gasteiger partial charge in [-0.1, -0.05) is 18.2 Å². The minimum atomic E-state index is -1.41. The molecular formula is C25H34O13. The molecule has 0 unspecified atom stereocenters. The minimum absolute atomic E-state index is 0.163. The SMILES string of the molecule is C=CC[C@@H]1C=C[C@H](O[C@@H]2O[C@H](COC(C)=O)[C@H](OC(C)=O)[C@H](OC(C)=O)[C@H]2OC(C)=O)[C@@H](COC(C)=O)O1. The summed E-state index contributed by atoms with van der Waals surface area (Å²) in [6, 6.07) is 0. The first-order chi connectivity index (χ1) is 17.9.